The molecule has 4 rings (SSSR count). The molecule has 0 aromatic rings. The molecule has 4 saturated carbocycles. The topological polar surface area (TPSA) is 31.5 Å². The Hall–Kier alpha value is 2.14. The average Bonchev–Trinajstić information content (AvgIpc) is 2.81. The van der Waals surface area contributed by atoms with Crippen molar-refractivity contribution in [2.45, 2.75) is 144 Å². The predicted octanol–water partition coefficient (Wildman–Crippen LogP) is 8.95. The summed E-state index contributed by atoms with van der Waals surface area (Å²) >= 11 is -2.95. The molecule has 5 heteroatoms. The van der Waals surface area contributed by atoms with Crippen molar-refractivity contribution in [3.8, 4) is 0 Å². The predicted molar refractivity (Wildman–Crippen MR) is 134 cm³/mol. The van der Waals surface area contributed by atoms with Crippen LogP contribution in [0.5, 0.6) is 0 Å². The first-order valence-electron chi connectivity index (χ1n) is 12.8. The minimum absolute atomic E-state index is 0. The zero-order valence-corrected chi connectivity index (χ0v) is 25.9. The Morgan fingerprint density at radius 2 is 0.517 bits per heavy atom. The summed E-state index contributed by atoms with van der Waals surface area (Å²) in [6, 6.07) is 0. The van der Waals surface area contributed by atoms with Gasteiger partial charge in [0.2, 0.25) is 0 Å². The third-order valence-corrected chi connectivity index (χ3v) is 31.8. The second kappa shape index (κ2) is 15.9. The van der Waals surface area contributed by atoms with E-state index in [1.807, 2.05) is 0 Å². The molecular formula is C24H46Cl2OSn2. The van der Waals surface area contributed by atoms with Crippen molar-refractivity contribution in [2.75, 3.05) is 0 Å². The van der Waals surface area contributed by atoms with E-state index >= 15 is 0 Å². The third-order valence-electron chi connectivity index (χ3n) is 7.98. The van der Waals surface area contributed by atoms with Crippen molar-refractivity contribution in [1.82, 2.24) is 0 Å². The van der Waals surface area contributed by atoms with Crippen LogP contribution in [0.4, 0.5) is 0 Å². The van der Waals surface area contributed by atoms with E-state index < -0.39 is 37.3 Å². The molecule has 4 aliphatic rings. The van der Waals surface area contributed by atoms with Crippen LogP contribution in [0.1, 0.15) is 128 Å². The van der Waals surface area contributed by atoms with E-state index in [1.165, 1.54) is 128 Å². The molecule has 0 aromatic heterocycles. The van der Waals surface area contributed by atoms with E-state index in [0.717, 1.165) is 15.7 Å². The van der Waals surface area contributed by atoms with Crippen LogP contribution < -0.4 is 0 Å². The summed E-state index contributed by atoms with van der Waals surface area (Å²) < 4.78 is 4.21. The zero-order valence-electron chi connectivity index (χ0n) is 18.7. The molecule has 0 bridgehead atoms. The standard InChI is InChI=1S/4C6H11.2ClH.H2O.2Sn/c4*1-2-4-6-5-3-1;;;;;/h4*1H,2-6H2;2*1H;1H2;;/q;;;;;;;2*+1/p-2. The molecule has 1 nitrogen and oxygen atoms in total. The molecule has 0 spiro atoms. The van der Waals surface area contributed by atoms with Crippen LogP contribution in [0.15, 0.2) is 0 Å². The summed E-state index contributed by atoms with van der Waals surface area (Å²) in [5.41, 5.74) is 0. The summed E-state index contributed by atoms with van der Waals surface area (Å²) in [5, 5.41) is 0. The molecule has 0 atom stereocenters. The van der Waals surface area contributed by atoms with Gasteiger partial charge >= 0.3 is 199 Å². The van der Waals surface area contributed by atoms with E-state index in [1.54, 1.807) is 0 Å². The SMILES string of the molecule is O.[Cl][Sn]([CH]1CCCCC1)[CH]1CCCCC1.[Cl][Sn]([CH]1CCCCC1)[CH]1CCCCC1. The van der Waals surface area contributed by atoms with Gasteiger partial charge in [0.05, 0.1) is 0 Å². The molecule has 29 heavy (non-hydrogen) atoms. The Labute approximate surface area is 203 Å². The summed E-state index contributed by atoms with van der Waals surface area (Å²) in [4.78, 5) is 0. The van der Waals surface area contributed by atoms with Crippen molar-refractivity contribution >= 4 is 55.1 Å². The normalized spacial score (nSPS) is 26.1. The van der Waals surface area contributed by atoms with Gasteiger partial charge in [-0.15, -0.1) is 0 Å². The fourth-order valence-electron chi connectivity index (χ4n) is 6.18. The van der Waals surface area contributed by atoms with Crippen LogP contribution in [0.2, 0.25) is 15.7 Å². The van der Waals surface area contributed by atoms with Crippen molar-refractivity contribution in [2.24, 2.45) is 0 Å². The van der Waals surface area contributed by atoms with Crippen LogP contribution in [0.3, 0.4) is 0 Å². The van der Waals surface area contributed by atoms with Crippen molar-refractivity contribution in [3.63, 3.8) is 0 Å². The number of rotatable bonds is 4. The second-order valence-corrected chi connectivity index (χ2v) is 29.7. The summed E-state index contributed by atoms with van der Waals surface area (Å²) in [6.07, 6.45) is 29.7. The second-order valence-electron chi connectivity index (χ2n) is 10.1. The van der Waals surface area contributed by atoms with Gasteiger partial charge in [0.1, 0.15) is 0 Å². The fraction of sp³-hybridized carbons (Fsp3) is 1.00. The van der Waals surface area contributed by atoms with Crippen LogP contribution >= 0.6 is 17.8 Å². The van der Waals surface area contributed by atoms with Gasteiger partial charge in [-0.05, 0) is 0 Å². The quantitative estimate of drug-likeness (QED) is 0.270. The Morgan fingerprint density at radius 1 is 0.345 bits per heavy atom. The van der Waals surface area contributed by atoms with Gasteiger partial charge in [-0.3, -0.25) is 0 Å². The molecule has 0 unspecified atom stereocenters. The first kappa shape index (κ1) is 27.4. The molecule has 2 radical (unpaired) electrons. The summed E-state index contributed by atoms with van der Waals surface area (Å²) in [5.74, 6) is 0. The third kappa shape index (κ3) is 9.49. The maximum absolute atomic E-state index is 6.84. The van der Waals surface area contributed by atoms with Crippen molar-refractivity contribution < 1.29 is 5.48 Å². The Morgan fingerprint density at radius 3 is 0.690 bits per heavy atom. The van der Waals surface area contributed by atoms with Crippen molar-refractivity contribution in [3.05, 3.63) is 0 Å². The van der Waals surface area contributed by atoms with Gasteiger partial charge < -0.3 is 5.48 Å². The maximum atomic E-state index is 6.84. The number of hydrogen-bond acceptors (Lipinski definition) is 0. The van der Waals surface area contributed by atoms with Crippen LogP contribution in [-0.2, 0) is 0 Å². The molecule has 0 aromatic carbocycles. The fourth-order valence-corrected chi connectivity index (χ4v) is 26.8. The Bertz CT molecular complexity index is 328. The summed E-state index contributed by atoms with van der Waals surface area (Å²) in [6.45, 7) is 0. The molecule has 170 valence electrons. The molecule has 0 amide bonds. The minimum atomic E-state index is -1.48. The molecular weight excluding hydrogens is 613 g/mol. The average molecular weight is 659 g/mol. The summed E-state index contributed by atoms with van der Waals surface area (Å²) in [7, 11) is 13.7. The molecule has 0 aliphatic heterocycles. The van der Waals surface area contributed by atoms with Crippen LogP contribution in [-0.4, -0.2) is 42.7 Å². The molecule has 0 heterocycles. The van der Waals surface area contributed by atoms with Crippen molar-refractivity contribution in [1.29, 1.82) is 0 Å². The van der Waals surface area contributed by atoms with E-state index in [2.05, 4.69) is 0 Å². The van der Waals surface area contributed by atoms with Crippen LogP contribution in [0.25, 0.3) is 0 Å². The molecule has 4 fully saturated rings. The first-order chi connectivity index (χ1) is 13.8. The zero-order chi connectivity index (χ0) is 19.6. The van der Waals surface area contributed by atoms with E-state index in [0.29, 0.717) is 0 Å². The van der Waals surface area contributed by atoms with Gasteiger partial charge in [0.25, 0.3) is 0 Å². The van der Waals surface area contributed by atoms with Gasteiger partial charge in [0, 0.05) is 0 Å². The van der Waals surface area contributed by atoms with E-state index in [4.69, 9.17) is 17.8 Å². The van der Waals surface area contributed by atoms with Crippen LogP contribution in [0, 0.1) is 0 Å². The van der Waals surface area contributed by atoms with Gasteiger partial charge in [-0.1, -0.05) is 0 Å². The number of hydrogen-bond donors (Lipinski definition) is 0. The van der Waals surface area contributed by atoms with E-state index in [-0.39, 0.29) is 5.48 Å². The first-order valence-corrected chi connectivity index (χ1v) is 26.6. The molecule has 0 saturated heterocycles. The van der Waals surface area contributed by atoms with Gasteiger partial charge in [-0.2, -0.15) is 0 Å². The van der Waals surface area contributed by atoms with Gasteiger partial charge in [0.15, 0.2) is 0 Å². The molecule has 4 aliphatic carbocycles. The molecule has 2 N–H and O–H groups in total. The Balaban J connectivity index is 0.000000200. The monoisotopic (exact) mass is 660 g/mol. The Kier molecular flexibility index (Phi) is 15.0. The van der Waals surface area contributed by atoms with E-state index in [9.17, 15) is 0 Å². The number of halogens is 2. The van der Waals surface area contributed by atoms with Gasteiger partial charge in [-0.25, -0.2) is 0 Å².